The van der Waals surface area contributed by atoms with Crippen molar-refractivity contribution in [2.75, 3.05) is 0 Å². The van der Waals surface area contributed by atoms with Crippen molar-refractivity contribution < 1.29 is 0 Å². The Morgan fingerprint density at radius 1 is 0.750 bits per heavy atom. The van der Waals surface area contributed by atoms with Crippen molar-refractivity contribution in [3.8, 4) is 11.1 Å². The average Bonchev–Trinajstić information content (AvgIpc) is 2.29. The van der Waals surface area contributed by atoms with E-state index in [4.69, 9.17) is 0 Å². The fraction of sp³-hybridized carbons (Fsp3) is 0.250. The fourth-order valence-electron chi connectivity index (χ4n) is 2.45. The van der Waals surface area contributed by atoms with Gasteiger partial charge in [-0.25, -0.2) is 0 Å². The normalized spacial score (nSPS) is 15.8. The molecule has 0 heterocycles. The molecule has 2 aromatic carbocycles. The molecular formula is C16H16. The molecule has 0 saturated heterocycles. The number of rotatable bonds is 2. The van der Waals surface area contributed by atoms with Gasteiger partial charge in [0.25, 0.3) is 0 Å². The Morgan fingerprint density at radius 3 is 2.12 bits per heavy atom. The molecule has 3 rings (SSSR count). The molecule has 0 unspecified atom stereocenters. The van der Waals surface area contributed by atoms with Gasteiger partial charge in [-0.15, -0.1) is 0 Å². The first-order chi connectivity index (χ1) is 7.95. The molecule has 80 valence electrons. The third-order valence-corrected chi connectivity index (χ3v) is 3.59. The first-order valence-electron chi connectivity index (χ1n) is 6.09. The Hall–Kier alpha value is -1.56. The predicted octanol–water partition coefficient (Wildman–Crippen LogP) is 4.62. The summed E-state index contributed by atoms with van der Waals surface area (Å²) in [6.07, 6.45) is 4.13. The van der Waals surface area contributed by atoms with Crippen LogP contribution in [0.2, 0.25) is 0 Å². The zero-order valence-corrected chi connectivity index (χ0v) is 9.39. The Morgan fingerprint density at radius 2 is 1.44 bits per heavy atom. The summed E-state index contributed by atoms with van der Waals surface area (Å²) >= 11 is 0. The lowest BCUT2D eigenvalue weighted by Crippen LogP contribution is -2.09. The van der Waals surface area contributed by atoms with Crippen molar-refractivity contribution in [3.63, 3.8) is 0 Å². The SMILES string of the molecule is c1ccc(-c2ccccc2C2CCC2)cc1. The van der Waals surface area contributed by atoms with Crippen LogP contribution in [0.5, 0.6) is 0 Å². The summed E-state index contributed by atoms with van der Waals surface area (Å²) in [6, 6.07) is 19.6. The molecule has 0 spiro atoms. The lowest BCUT2D eigenvalue weighted by Gasteiger charge is -2.28. The predicted molar refractivity (Wildman–Crippen MR) is 68.5 cm³/mol. The minimum Gasteiger partial charge on any atom is -0.0622 e. The Kier molecular flexibility index (Phi) is 2.49. The van der Waals surface area contributed by atoms with E-state index in [1.807, 2.05) is 0 Å². The lowest BCUT2D eigenvalue weighted by atomic mass is 9.77. The molecule has 0 radical (unpaired) electrons. The molecule has 0 bridgehead atoms. The zero-order valence-electron chi connectivity index (χ0n) is 9.39. The maximum Gasteiger partial charge on any atom is -0.0149 e. The molecule has 0 N–H and O–H groups in total. The van der Waals surface area contributed by atoms with Crippen LogP contribution in [-0.4, -0.2) is 0 Å². The van der Waals surface area contributed by atoms with Gasteiger partial charge in [0.1, 0.15) is 0 Å². The van der Waals surface area contributed by atoms with E-state index in [-0.39, 0.29) is 0 Å². The second-order valence-corrected chi connectivity index (χ2v) is 4.58. The Balaban J connectivity index is 2.06. The van der Waals surface area contributed by atoms with E-state index in [1.165, 1.54) is 30.4 Å². The van der Waals surface area contributed by atoms with Gasteiger partial charge in [0.15, 0.2) is 0 Å². The Labute approximate surface area is 96.9 Å². The first kappa shape index (κ1) is 9.65. The highest BCUT2D eigenvalue weighted by Crippen LogP contribution is 2.40. The lowest BCUT2D eigenvalue weighted by molar-refractivity contribution is 0.420. The van der Waals surface area contributed by atoms with Gasteiger partial charge in [0.05, 0.1) is 0 Å². The first-order valence-corrected chi connectivity index (χ1v) is 6.09. The van der Waals surface area contributed by atoms with Gasteiger partial charge in [0.2, 0.25) is 0 Å². The highest BCUT2D eigenvalue weighted by molar-refractivity contribution is 5.68. The van der Waals surface area contributed by atoms with Crippen molar-refractivity contribution in [2.45, 2.75) is 25.2 Å². The van der Waals surface area contributed by atoms with Crippen LogP contribution < -0.4 is 0 Å². The van der Waals surface area contributed by atoms with Gasteiger partial charge in [-0.1, -0.05) is 61.0 Å². The summed E-state index contributed by atoms with van der Waals surface area (Å²) in [5, 5.41) is 0. The van der Waals surface area contributed by atoms with Crippen LogP contribution in [-0.2, 0) is 0 Å². The van der Waals surface area contributed by atoms with Gasteiger partial charge < -0.3 is 0 Å². The summed E-state index contributed by atoms with van der Waals surface area (Å²) in [7, 11) is 0. The van der Waals surface area contributed by atoms with E-state index in [0.29, 0.717) is 0 Å². The summed E-state index contributed by atoms with van der Waals surface area (Å²) in [4.78, 5) is 0. The standard InChI is InChI=1S/C16H16/c1-2-7-13(8-3-1)15-11-4-5-12-16(15)14-9-6-10-14/h1-5,7-8,11-12,14H,6,9-10H2. The van der Waals surface area contributed by atoms with E-state index < -0.39 is 0 Å². The molecule has 2 aromatic rings. The minimum atomic E-state index is 0.802. The van der Waals surface area contributed by atoms with E-state index in [0.717, 1.165) is 5.92 Å². The van der Waals surface area contributed by atoms with Gasteiger partial charge in [-0.05, 0) is 35.4 Å². The molecule has 0 nitrogen and oxygen atoms in total. The van der Waals surface area contributed by atoms with Crippen LogP contribution >= 0.6 is 0 Å². The minimum absolute atomic E-state index is 0.802. The molecule has 0 heteroatoms. The second-order valence-electron chi connectivity index (χ2n) is 4.58. The monoisotopic (exact) mass is 208 g/mol. The van der Waals surface area contributed by atoms with E-state index in [9.17, 15) is 0 Å². The summed E-state index contributed by atoms with van der Waals surface area (Å²) < 4.78 is 0. The second kappa shape index (κ2) is 4.13. The van der Waals surface area contributed by atoms with Gasteiger partial charge in [0, 0.05) is 0 Å². The molecular weight excluding hydrogens is 192 g/mol. The summed E-state index contributed by atoms with van der Waals surface area (Å²) in [6.45, 7) is 0. The molecule has 1 aliphatic carbocycles. The molecule has 1 saturated carbocycles. The Bertz CT molecular complexity index is 466. The van der Waals surface area contributed by atoms with Crippen LogP contribution in [0.15, 0.2) is 54.6 Å². The summed E-state index contributed by atoms with van der Waals surface area (Å²) in [5.74, 6) is 0.802. The van der Waals surface area contributed by atoms with E-state index >= 15 is 0 Å². The van der Waals surface area contributed by atoms with E-state index in [1.54, 1.807) is 5.56 Å². The van der Waals surface area contributed by atoms with Crippen LogP contribution in [0, 0.1) is 0 Å². The number of hydrogen-bond donors (Lipinski definition) is 0. The average molecular weight is 208 g/mol. The largest absolute Gasteiger partial charge is 0.0622 e. The molecule has 1 aliphatic rings. The maximum atomic E-state index is 2.30. The molecule has 1 fully saturated rings. The fourth-order valence-corrected chi connectivity index (χ4v) is 2.45. The molecule has 0 aromatic heterocycles. The van der Waals surface area contributed by atoms with Gasteiger partial charge in [-0.2, -0.15) is 0 Å². The highest BCUT2D eigenvalue weighted by Gasteiger charge is 2.21. The number of hydrogen-bond acceptors (Lipinski definition) is 0. The summed E-state index contributed by atoms with van der Waals surface area (Å²) in [5.41, 5.74) is 4.32. The van der Waals surface area contributed by atoms with Crippen molar-refractivity contribution in [1.29, 1.82) is 0 Å². The van der Waals surface area contributed by atoms with Crippen molar-refractivity contribution in [1.82, 2.24) is 0 Å². The number of benzene rings is 2. The molecule has 16 heavy (non-hydrogen) atoms. The molecule has 0 aliphatic heterocycles. The third-order valence-electron chi connectivity index (χ3n) is 3.59. The zero-order chi connectivity index (χ0) is 10.8. The molecule has 0 amide bonds. The molecule has 0 atom stereocenters. The van der Waals surface area contributed by atoms with E-state index in [2.05, 4.69) is 54.6 Å². The third kappa shape index (κ3) is 1.65. The topological polar surface area (TPSA) is 0 Å². The van der Waals surface area contributed by atoms with Crippen molar-refractivity contribution in [2.24, 2.45) is 0 Å². The van der Waals surface area contributed by atoms with Crippen molar-refractivity contribution >= 4 is 0 Å². The van der Waals surface area contributed by atoms with Gasteiger partial charge >= 0.3 is 0 Å². The smallest absolute Gasteiger partial charge is 0.0149 e. The van der Waals surface area contributed by atoms with Crippen LogP contribution in [0.4, 0.5) is 0 Å². The van der Waals surface area contributed by atoms with Crippen LogP contribution in [0.1, 0.15) is 30.7 Å². The highest BCUT2D eigenvalue weighted by atomic mass is 14.3. The van der Waals surface area contributed by atoms with Crippen LogP contribution in [0.25, 0.3) is 11.1 Å². The maximum absolute atomic E-state index is 2.30. The quantitative estimate of drug-likeness (QED) is 0.675. The van der Waals surface area contributed by atoms with Gasteiger partial charge in [-0.3, -0.25) is 0 Å². The van der Waals surface area contributed by atoms with Crippen LogP contribution in [0.3, 0.4) is 0 Å². The van der Waals surface area contributed by atoms with Crippen molar-refractivity contribution in [3.05, 3.63) is 60.2 Å².